The maximum atomic E-state index is 11.8. The van der Waals surface area contributed by atoms with Crippen LogP contribution in [0.15, 0.2) is 34.6 Å². The molecule has 0 unspecified atom stereocenters. The zero-order valence-corrected chi connectivity index (χ0v) is 16.0. The predicted molar refractivity (Wildman–Crippen MR) is 103 cm³/mol. The fourth-order valence-electron chi connectivity index (χ4n) is 1.97. The standard InChI is InChI=1S/C17H24N4OS2/c1-13-6-7-15(24-13)11-19-17(20-12-16(22)21(2)3)18-9-8-14-5-4-10-23-14/h4-7,10H,8-9,11-12H2,1-3H3,(H2,18,19,20). The van der Waals surface area contributed by atoms with Crippen LogP contribution in [0.1, 0.15) is 14.6 Å². The lowest BCUT2D eigenvalue weighted by Gasteiger charge is -2.13. The summed E-state index contributed by atoms with van der Waals surface area (Å²) in [5.74, 6) is 0.661. The molecule has 1 amide bonds. The second-order valence-corrected chi connectivity index (χ2v) is 7.98. The quantitative estimate of drug-likeness (QED) is 0.586. The molecule has 0 atom stereocenters. The Morgan fingerprint density at radius 3 is 2.67 bits per heavy atom. The first-order valence-electron chi connectivity index (χ1n) is 7.84. The third kappa shape index (κ3) is 6.33. The van der Waals surface area contributed by atoms with E-state index in [0.717, 1.165) is 13.0 Å². The maximum Gasteiger partial charge on any atom is 0.243 e. The molecular formula is C17H24N4OS2. The van der Waals surface area contributed by atoms with E-state index in [1.807, 2.05) is 0 Å². The van der Waals surface area contributed by atoms with E-state index >= 15 is 0 Å². The summed E-state index contributed by atoms with van der Waals surface area (Å²) in [6.45, 7) is 3.73. The third-order valence-electron chi connectivity index (χ3n) is 3.34. The number of carbonyl (C=O) groups excluding carboxylic acids is 1. The van der Waals surface area contributed by atoms with E-state index in [4.69, 9.17) is 0 Å². The van der Waals surface area contributed by atoms with Crippen LogP contribution in [-0.2, 0) is 17.8 Å². The molecule has 5 nitrogen and oxygen atoms in total. The van der Waals surface area contributed by atoms with Crippen molar-refractivity contribution in [3.8, 4) is 0 Å². The molecule has 2 heterocycles. The first-order valence-corrected chi connectivity index (χ1v) is 9.54. The SMILES string of the molecule is Cc1ccc(CNC(=NCC(=O)N(C)C)NCCc2cccs2)s1. The molecule has 24 heavy (non-hydrogen) atoms. The summed E-state index contributed by atoms with van der Waals surface area (Å²) in [7, 11) is 3.48. The number of aliphatic imine (C=N–C) groups is 1. The van der Waals surface area contributed by atoms with Crippen molar-refractivity contribution in [2.75, 3.05) is 27.2 Å². The third-order valence-corrected chi connectivity index (χ3v) is 5.28. The number of rotatable bonds is 7. The van der Waals surface area contributed by atoms with Gasteiger partial charge in [-0.1, -0.05) is 6.07 Å². The lowest BCUT2D eigenvalue weighted by atomic mass is 10.3. The molecule has 0 aliphatic rings. The summed E-state index contributed by atoms with van der Waals surface area (Å²) in [6, 6.07) is 8.40. The Labute approximate surface area is 151 Å². The van der Waals surface area contributed by atoms with Crippen molar-refractivity contribution in [1.29, 1.82) is 0 Å². The monoisotopic (exact) mass is 364 g/mol. The Bertz CT molecular complexity index is 662. The van der Waals surface area contributed by atoms with Crippen molar-refractivity contribution in [2.45, 2.75) is 19.9 Å². The smallest absolute Gasteiger partial charge is 0.243 e. The van der Waals surface area contributed by atoms with Crippen LogP contribution in [0.4, 0.5) is 0 Å². The average Bonchev–Trinajstić information content (AvgIpc) is 3.20. The summed E-state index contributed by atoms with van der Waals surface area (Å²) in [5, 5.41) is 8.70. The van der Waals surface area contributed by atoms with Crippen molar-refractivity contribution in [3.63, 3.8) is 0 Å². The van der Waals surface area contributed by atoms with E-state index in [-0.39, 0.29) is 12.5 Å². The van der Waals surface area contributed by atoms with Gasteiger partial charge in [0.05, 0.1) is 6.54 Å². The molecule has 7 heteroatoms. The molecule has 0 spiro atoms. The second-order valence-electron chi connectivity index (χ2n) is 5.58. The molecule has 2 N–H and O–H groups in total. The summed E-state index contributed by atoms with van der Waals surface area (Å²) in [5.41, 5.74) is 0. The number of nitrogens with one attached hydrogen (secondary N) is 2. The lowest BCUT2D eigenvalue weighted by Crippen LogP contribution is -2.39. The van der Waals surface area contributed by atoms with Gasteiger partial charge in [0.1, 0.15) is 6.54 Å². The highest BCUT2D eigenvalue weighted by molar-refractivity contribution is 7.11. The Balaban J connectivity index is 1.89. The van der Waals surface area contributed by atoms with E-state index < -0.39 is 0 Å². The van der Waals surface area contributed by atoms with Gasteiger partial charge in [0, 0.05) is 35.3 Å². The van der Waals surface area contributed by atoms with Crippen LogP contribution in [0.2, 0.25) is 0 Å². The number of aryl methyl sites for hydroxylation is 1. The van der Waals surface area contributed by atoms with Crippen molar-refractivity contribution >= 4 is 34.5 Å². The number of thiophene rings is 2. The van der Waals surface area contributed by atoms with Crippen LogP contribution in [0.25, 0.3) is 0 Å². The molecular weight excluding hydrogens is 340 g/mol. The van der Waals surface area contributed by atoms with E-state index in [0.29, 0.717) is 12.5 Å². The van der Waals surface area contributed by atoms with Crippen molar-refractivity contribution in [1.82, 2.24) is 15.5 Å². The Morgan fingerprint density at radius 1 is 1.21 bits per heavy atom. The van der Waals surface area contributed by atoms with Crippen LogP contribution < -0.4 is 10.6 Å². The van der Waals surface area contributed by atoms with Crippen LogP contribution >= 0.6 is 22.7 Å². The van der Waals surface area contributed by atoms with Gasteiger partial charge in [0.2, 0.25) is 5.91 Å². The molecule has 0 aliphatic carbocycles. The minimum absolute atomic E-state index is 0.0127. The topological polar surface area (TPSA) is 56.7 Å². The van der Waals surface area contributed by atoms with Gasteiger partial charge in [-0.2, -0.15) is 0 Å². The van der Waals surface area contributed by atoms with Gasteiger partial charge in [-0.05, 0) is 36.9 Å². The highest BCUT2D eigenvalue weighted by atomic mass is 32.1. The highest BCUT2D eigenvalue weighted by Gasteiger charge is 2.05. The number of guanidine groups is 1. The number of likely N-dealkylation sites (N-methyl/N-ethyl adjacent to an activating group) is 1. The molecule has 0 radical (unpaired) electrons. The number of hydrogen-bond donors (Lipinski definition) is 2. The van der Waals surface area contributed by atoms with Gasteiger partial charge in [-0.15, -0.1) is 22.7 Å². The molecule has 2 aromatic rings. The van der Waals surface area contributed by atoms with Gasteiger partial charge in [0.25, 0.3) is 0 Å². The molecule has 0 saturated heterocycles. The fraction of sp³-hybridized carbons (Fsp3) is 0.412. The van der Waals surface area contributed by atoms with Gasteiger partial charge in [-0.3, -0.25) is 4.79 Å². The highest BCUT2D eigenvalue weighted by Crippen LogP contribution is 2.14. The van der Waals surface area contributed by atoms with Crippen molar-refractivity contribution < 1.29 is 4.79 Å². The molecule has 2 aromatic heterocycles. The Hall–Kier alpha value is -1.86. The zero-order valence-electron chi connectivity index (χ0n) is 14.3. The molecule has 130 valence electrons. The van der Waals surface area contributed by atoms with Crippen molar-refractivity contribution in [2.24, 2.45) is 4.99 Å². The number of hydrogen-bond acceptors (Lipinski definition) is 4. The number of carbonyl (C=O) groups is 1. The summed E-state index contributed by atoms with van der Waals surface area (Å²) >= 11 is 3.51. The molecule has 2 rings (SSSR count). The van der Waals surface area contributed by atoms with E-state index in [1.165, 1.54) is 14.6 Å². The summed E-state index contributed by atoms with van der Waals surface area (Å²) < 4.78 is 0. The Morgan fingerprint density at radius 2 is 2.04 bits per heavy atom. The molecule has 0 aromatic carbocycles. The van der Waals surface area contributed by atoms with Gasteiger partial charge >= 0.3 is 0 Å². The zero-order chi connectivity index (χ0) is 17.4. The Kier molecular flexibility index (Phi) is 7.27. The normalized spacial score (nSPS) is 11.4. The largest absolute Gasteiger partial charge is 0.356 e. The minimum atomic E-state index is -0.0127. The van der Waals surface area contributed by atoms with E-state index in [1.54, 1.807) is 41.7 Å². The van der Waals surface area contributed by atoms with Crippen LogP contribution in [0.5, 0.6) is 0 Å². The fourth-order valence-corrected chi connectivity index (χ4v) is 3.51. The minimum Gasteiger partial charge on any atom is -0.356 e. The molecule has 0 bridgehead atoms. The molecule has 0 saturated carbocycles. The van der Waals surface area contributed by atoms with Crippen LogP contribution in [0, 0.1) is 6.92 Å². The second kappa shape index (κ2) is 9.44. The van der Waals surface area contributed by atoms with Crippen LogP contribution in [0.3, 0.4) is 0 Å². The van der Waals surface area contributed by atoms with Gasteiger partial charge < -0.3 is 15.5 Å². The lowest BCUT2D eigenvalue weighted by molar-refractivity contribution is -0.127. The van der Waals surface area contributed by atoms with Crippen LogP contribution in [-0.4, -0.2) is 44.0 Å². The first-order chi connectivity index (χ1) is 11.5. The summed E-state index contributed by atoms with van der Waals surface area (Å²) in [6.07, 6.45) is 0.943. The maximum absolute atomic E-state index is 11.8. The van der Waals surface area contributed by atoms with E-state index in [2.05, 4.69) is 52.2 Å². The number of amides is 1. The van der Waals surface area contributed by atoms with E-state index in [9.17, 15) is 4.79 Å². The van der Waals surface area contributed by atoms with Gasteiger partial charge in [0.15, 0.2) is 5.96 Å². The predicted octanol–water partition coefficient (Wildman–Crippen LogP) is 2.48. The molecule has 0 fully saturated rings. The van der Waals surface area contributed by atoms with Gasteiger partial charge in [-0.25, -0.2) is 4.99 Å². The summed E-state index contributed by atoms with van der Waals surface area (Å²) in [4.78, 5) is 21.6. The first kappa shape index (κ1) is 18.5. The number of nitrogens with zero attached hydrogens (tertiary/aromatic N) is 2. The molecule has 0 aliphatic heterocycles. The average molecular weight is 365 g/mol. The van der Waals surface area contributed by atoms with Crippen molar-refractivity contribution in [3.05, 3.63) is 44.3 Å².